The van der Waals surface area contributed by atoms with Gasteiger partial charge in [0, 0.05) is 11.8 Å². The van der Waals surface area contributed by atoms with Gasteiger partial charge >= 0.3 is 0 Å². The van der Waals surface area contributed by atoms with Crippen LogP contribution in [0.2, 0.25) is 0 Å². The molecule has 0 spiro atoms. The molecule has 1 N–H and O–H groups in total. The minimum atomic E-state index is 0.272. The molecule has 3 aromatic rings. The fourth-order valence-electron chi connectivity index (χ4n) is 1.82. The summed E-state index contributed by atoms with van der Waals surface area (Å²) in [4.78, 5) is 11.9. The Morgan fingerprint density at radius 1 is 1.21 bits per heavy atom. The Bertz CT molecular complexity index is 705. The van der Waals surface area contributed by atoms with Crippen LogP contribution in [0.4, 0.5) is 0 Å². The van der Waals surface area contributed by atoms with Crippen LogP contribution < -0.4 is 4.74 Å². The predicted molar refractivity (Wildman–Crippen MR) is 73.7 cm³/mol. The third kappa shape index (κ3) is 2.26. The highest BCUT2D eigenvalue weighted by Crippen LogP contribution is 2.21. The van der Waals surface area contributed by atoms with E-state index in [-0.39, 0.29) is 6.61 Å². The van der Waals surface area contributed by atoms with Crippen molar-refractivity contribution in [3.63, 3.8) is 0 Å². The first-order chi connectivity index (χ1) is 9.36. The summed E-state index contributed by atoms with van der Waals surface area (Å²) in [6, 6.07) is 11.4. The average molecular weight is 249 g/mol. The van der Waals surface area contributed by atoms with Gasteiger partial charge in [-0.05, 0) is 36.4 Å². The fraction of sp³-hybridized carbons (Fsp3) is 0.0667. The second-order valence-corrected chi connectivity index (χ2v) is 3.98. The number of nitrogens with one attached hydrogen (secondary N) is 1. The minimum absolute atomic E-state index is 0.272. The molecule has 0 aliphatic heterocycles. The SMILES string of the molecule is C#CCOc1ccc(-c2nc3ncccc3[nH]2)cc1. The van der Waals surface area contributed by atoms with Gasteiger partial charge in [0.05, 0.1) is 5.52 Å². The molecule has 2 heterocycles. The van der Waals surface area contributed by atoms with E-state index in [1.54, 1.807) is 6.20 Å². The highest BCUT2D eigenvalue weighted by molar-refractivity contribution is 5.75. The molecule has 3 rings (SSSR count). The monoisotopic (exact) mass is 249 g/mol. The molecule has 19 heavy (non-hydrogen) atoms. The molecule has 4 nitrogen and oxygen atoms in total. The van der Waals surface area contributed by atoms with Crippen molar-refractivity contribution in [1.29, 1.82) is 0 Å². The van der Waals surface area contributed by atoms with Gasteiger partial charge in [0.25, 0.3) is 0 Å². The molecular weight excluding hydrogens is 238 g/mol. The second-order valence-electron chi connectivity index (χ2n) is 3.98. The van der Waals surface area contributed by atoms with E-state index in [4.69, 9.17) is 11.2 Å². The van der Waals surface area contributed by atoms with Crippen LogP contribution in [0.5, 0.6) is 5.75 Å². The fourth-order valence-corrected chi connectivity index (χ4v) is 1.82. The van der Waals surface area contributed by atoms with Crippen LogP contribution >= 0.6 is 0 Å². The lowest BCUT2D eigenvalue weighted by molar-refractivity contribution is 0.370. The van der Waals surface area contributed by atoms with Gasteiger partial charge in [-0.15, -0.1) is 6.42 Å². The lowest BCUT2D eigenvalue weighted by Crippen LogP contribution is -1.92. The van der Waals surface area contributed by atoms with Gasteiger partial charge < -0.3 is 9.72 Å². The Balaban J connectivity index is 1.91. The third-order valence-corrected chi connectivity index (χ3v) is 2.71. The van der Waals surface area contributed by atoms with E-state index in [0.29, 0.717) is 5.65 Å². The zero-order valence-electron chi connectivity index (χ0n) is 10.1. The average Bonchev–Trinajstić information content (AvgIpc) is 2.89. The molecule has 0 radical (unpaired) electrons. The molecule has 92 valence electrons. The Labute approximate surface area is 110 Å². The van der Waals surface area contributed by atoms with Crippen LogP contribution in [0, 0.1) is 12.3 Å². The first kappa shape index (κ1) is 11.3. The summed E-state index contributed by atoms with van der Waals surface area (Å²) in [5, 5.41) is 0. The van der Waals surface area contributed by atoms with Crippen molar-refractivity contribution >= 4 is 11.2 Å². The van der Waals surface area contributed by atoms with E-state index in [0.717, 1.165) is 22.7 Å². The topological polar surface area (TPSA) is 50.8 Å². The number of aromatic nitrogens is 3. The maximum Gasteiger partial charge on any atom is 0.178 e. The third-order valence-electron chi connectivity index (χ3n) is 2.71. The van der Waals surface area contributed by atoms with E-state index in [1.165, 1.54) is 0 Å². The van der Waals surface area contributed by atoms with Gasteiger partial charge in [0.1, 0.15) is 18.2 Å². The van der Waals surface area contributed by atoms with Crippen molar-refractivity contribution in [1.82, 2.24) is 15.0 Å². The minimum Gasteiger partial charge on any atom is -0.481 e. The smallest absolute Gasteiger partial charge is 0.178 e. The standard InChI is InChI=1S/C15H11N3O/c1-2-10-19-12-7-5-11(6-8-12)14-17-13-4-3-9-16-15(13)18-14/h1,3-9H,10H2,(H,16,17,18). The maximum absolute atomic E-state index is 5.33. The van der Waals surface area contributed by atoms with Crippen LogP contribution in [0.25, 0.3) is 22.6 Å². The molecule has 4 heteroatoms. The number of terminal acetylenes is 1. The van der Waals surface area contributed by atoms with Crippen LogP contribution in [0.1, 0.15) is 0 Å². The number of aromatic amines is 1. The van der Waals surface area contributed by atoms with Crippen LogP contribution in [-0.2, 0) is 0 Å². The summed E-state index contributed by atoms with van der Waals surface area (Å²) in [7, 11) is 0. The van der Waals surface area contributed by atoms with Crippen molar-refractivity contribution < 1.29 is 4.74 Å². The molecule has 0 saturated carbocycles. The van der Waals surface area contributed by atoms with E-state index in [2.05, 4.69) is 20.9 Å². The number of nitrogens with zero attached hydrogens (tertiary/aromatic N) is 2. The number of hydrogen-bond acceptors (Lipinski definition) is 3. The summed E-state index contributed by atoms with van der Waals surface area (Å²) in [6.45, 7) is 0.272. The van der Waals surface area contributed by atoms with Crippen LogP contribution in [-0.4, -0.2) is 21.6 Å². The summed E-state index contributed by atoms with van der Waals surface area (Å²) in [5.74, 6) is 3.97. The Morgan fingerprint density at radius 2 is 2.05 bits per heavy atom. The molecule has 0 amide bonds. The Kier molecular flexibility index (Phi) is 2.87. The number of ether oxygens (including phenoxy) is 1. The first-order valence-corrected chi connectivity index (χ1v) is 5.84. The summed E-state index contributed by atoms with van der Waals surface area (Å²) in [6.07, 6.45) is 6.87. The molecule has 0 atom stereocenters. The van der Waals surface area contributed by atoms with Crippen LogP contribution in [0.15, 0.2) is 42.6 Å². The normalized spacial score (nSPS) is 10.3. The zero-order chi connectivity index (χ0) is 13.1. The van der Waals surface area contributed by atoms with E-state index >= 15 is 0 Å². The summed E-state index contributed by atoms with van der Waals surface area (Å²) >= 11 is 0. The number of H-pyrrole nitrogens is 1. The van der Waals surface area contributed by atoms with Crippen molar-refractivity contribution in [2.24, 2.45) is 0 Å². The molecule has 0 unspecified atom stereocenters. The number of pyridine rings is 1. The molecular formula is C15H11N3O. The van der Waals surface area contributed by atoms with Gasteiger partial charge in [-0.2, -0.15) is 0 Å². The van der Waals surface area contributed by atoms with Crippen molar-refractivity contribution in [3.05, 3.63) is 42.6 Å². The number of hydrogen-bond donors (Lipinski definition) is 1. The summed E-state index contributed by atoms with van der Waals surface area (Å²) in [5.41, 5.74) is 2.61. The lowest BCUT2D eigenvalue weighted by atomic mass is 10.2. The van der Waals surface area contributed by atoms with Crippen molar-refractivity contribution in [2.45, 2.75) is 0 Å². The predicted octanol–water partition coefficient (Wildman–Crippen LogP) is 2.64. The van der Waals surface area contributed by atoms with Crippen molar-refractivity contribution in [3.8, 4) is 29.5 Å². The van der Waals surface area contributed by atoms with E-state index in [9.17, 15) is 0 Å². The van der Waals surface area contributed by atoms with Gasteiger partial charge in [-0.1, -0.05) is 5.92 Å². The molecule has 0 fully saturated rings. The van der Waals surface area contributed by atoms with E-state index in [1.807, 2.05) is 36.4 Å². The van der Waals surface area contributed by atoms with Crippen LogP contribution in [0.3, 0.4) is 0 Å². The zero-order valence-corrected chi connectivity index (χ0v) is 10.1. The maximum atomic E-state index is 5.33. The Morgan fingerprint density at radius 3 is 2.79 bits per heavy atom. The van der Waals surface area contributed by atoms with Gasteiger partial charge in [0.2, 0.25) is 0 Å². The lowest BCUT2D eigenvalue weighted by Gasteiger charge is -2.02. The highest BCUT2D eigenvalue weighted by Gasteiger charge is 2.05. The second kappa shape index (κ2) is 4.83. The number of rotatable bonds is 3. The Hall–Kier alpha value is -2.80. The van der Waals surface area contributed by atoms with E-state index < -0.39 is 0 Å². The van der Waals surface area contributed by atoms with Gasteiger partial charge in [0.15, 0.2) is 5.65 Å². The molecule has 0 saturated heterocycles. The number of benzene rings is 1. The summed E-state index contributed by atoms with van der Waals surface area (Å²) < 4.78 is 5.33. The number of imidazole rings is 1. The molecule has 1 aromatic carbocycles. The highest BCUT2D eigenvalue weighted by atomic mass is 16.5. The molecule has 0 aliphatic rings. The van der Waals surface area contributed by atoms with Gasteiger partial charge in [-0.3, -0.25) is 0 Å². The molecule has 0 aliphatic carbocycles. The van der Waals surface area contributed by atoms with Crippen molar-refractivity contribution in [2.75, 3.05) is 6.61 Å². The first-order valence-electron chi connectivity index (χ1n) is 5.84. The largest absolute Gasteiger partial charge is 0.481 e. The molecule has 2 aromatic heterocycles. The number of fused-ring (bicyclic) bond motifs is 1. The quantitative estimate of drug-likeness (QED) is 0.726. The van der Waals surface area contributed by atoms with Gasteiger partial charge in [-0.25, -0.2) is 9.97 Å². The molecule has 0 bridgehead atoms.